The van der Waals surface area contributed by atoms with Crippen LogP contribution in [-0.2, 0) is 0 Å². The largest absolute Gasteiger partial charge is 0.338 e. The number of hydrogen-bond donors (Lipinski definition) is 0. The summed E-state index contributed by atoms with van der Waals surface area (Å²) in [5.41, 5.74) is 5.79. The summed E-state index contributed by atoms with van der Waals surface area (Å²) in [6, 6.07) is 11.9. The molecule has 1 aliphatic carbocycles. The summed E-state index contributed by atoms with van der Waals surface area (Å²) in [5.74, 6) is 1.23. The first-order valence-electron chi connectivity index (χ1n) is 10.6. The van der Waals surface area contributed by atoms with Gasteiger partial charge in [-0.3, -0.25) is 14.8 Å². The van der Waals surface area contributed by atoms with Crippen molar-refractivity contribution in [2.24, 2.45) is 5.92 Å². The minimum absolute atomic E-state index is 0.0593. The van der Waals surface area contributed by atoms with Crippen LogP contribution in [0.5, 0.6) is 0 Å². The van der Waals surface area contributed by atoms with E-state index in [1.807, 2.05) is 41.7 Å². The quantitative estimate of drug-likeness (QED) is 0.537. The molecule has 0 unspecified atom stereocenters. The van der Waals surface area contributed by atoms with Gasteiger partial charge in [0.05, 0.1) is 0 Å². The van der Waals surface area contributed by atoms with E-state index in [1.54, 1.807) is 6.07 Å². The molecule has 1 aliphatic heterocycles. The van der Waals surface area contributed by atoms with E-state index in [2.05, 4.69) is 29.0 Å². The van der Waals surface area contributed by atoms with Crippen molar-refractivity contribution in [2.75, 3.05) is 13.1 Å². The van der Waals surface area contributed by atoms with Crippen molar-refractivity contribution in [1.29, 1.82) is 0 Å². The van der Waals surface area contributed by atoms with E-state index in [1.165, 1.54) is 12.8 Å². The zero-order chi connectivity index (χ0) is 20.7. The van der Waals surface area contributed by atoms with Crippen LogP contribution >= 0.6 is 11.6 Å². The lowest BCUT2D eigenvalue weighted by Gasteiger charge is -2.16. The molecule has 1 saturated carbocycles. The standard InChI is InChI=1S/C25H24ClN3O/c1-16-7-9-29(15-16)25(30)19-4-5-22(23(26)11-19)21-10-20(13-27-14-21)18-6-8-28-24(12-18)17-2-3-17/h4-6,8,10-14,16-17H,2-3,7,9,15H2,1H3/t16-/m0/s1. The molecule has 1 saturated heterocycles. The third-order valence-corrected chi connectivity index (χ3v) is 6.40. The fourth-order valence-corrected chi connectivity index (χ4v) is 4.45. The van der Waals surface area contributed by atoms with Crippen LogP contribution in [0.25, 0.3) is 22.3 Å². The highest BCUT2D eigenvalue weighted by atomic mass is 35.5. The summed E-state index contributed by atoms with van der Waals surface area (Å²) in [6.45, 7) is 3.82. The Kier molecular flexibility index (Phi) is 5.03. The Labute approximate surface area is 181 Å². The first-order valence-corrected chi connectivity index (χ1v) is 11.0. The number of nitrogens with zero attached hydrogens (tertiary/aromatic N) is 3. The Balaban J connectivity index is 1.42. The fraction of sp³-hybridized carbons (Fsp3) is 0.320. The molecule has 30 heavy (non-hydrogen) atoms. The predicted octanol–water partition coefficient (Wildman–Crippen LogP) is 5.82. The van der Waals surface area contributed by atoms with E-state index < -0.39 is 0 Å². The Bertz CT molecular complexity index is 1110. The Morgan fingerprint density at radius 3 is 2.60 bits per heavy atom. The average molecular weight is 418 g/mol. The molecule has 3 heterocycles. The summed E-state index contributed by atoms with van der Waals surface area (Å²) in [5, 5.41) is 0.570. The third kappa shape index (κ3) is 3.84. The molecule has 5 heteroatoms. The second-order valence-corrected chi connectivity index (χ2v) is 8.95. The third-order valence-electron chi connectivity index (χ3n) is 6.09. The normalized spacial score (nSPS) is 18.6. The summed E-state index contributed by atoms with van der Waals surface area (Å²) in [7, 11) is 0. The number of amides is 1. The summed E-state index contributed by atoms with van der Waals surface area (Å²) < 4.78 is 0. The number of carbonyl (C=O) groups excluding carboxylic acids is 1. The number of rotatable bonds is 4. The van der Waals surface area contributed by atoms with Gasteiger partial charge < -0.3 is 4.90 Å². The molecule has 152 valence electrons. The minimum atomic E-state index is 0.0593. The van der Waals surface area contributed by atoms with E-state index >= 15 is 0 Å². The molecule has 5 rings (SSSR count). The highest BCUT2D eigenvalue weighted by Gasteiger charge is 2.26. The van der Waals surface area contributed by atoms with Crippen molar-refractivity contribution in [3.8, 4) is 22.3 Å². The number of pyridine rings is 2. The zero-order valence-electron chi connectivity index (χ0n) is 17.0. The van der Waals surface area contributed by atoms with Crippen LogP contribution in [0.2, 0.25) is 5.02 Å². The second kappa shape index (κ2) is 7.84. The lowest BCUT2D eigenvalue weighted by atomic mass is 10.0. The molecule has 2 aliphatic rings. The lowest BCUT2D eigenvalue weighted by Crippen LogP contribution is -2.28. The van der Waals surface area contributed by atoms with Crippen LogP contribution in [0.1, 0.15) is 48.2 Å². The molecule has 2 fully saturated rings. The number of carbonyl (C=O) groups is 1. The van der Waals surface area contributed by atoms with Gasteiger partial charge in [-0.1, -0.05) is 24.6 Å². The van der Waals surface area contributed by atoms with Gasteiger partial charge in [-0.25, -0.2) is 0 Å². The van der Waals surface area contributed by atoms with E-state index in [0.717, 1.165) is 47.5 Å². The molecular weight excluding hydrogens is 394 g/mol. The maximum atomic E-state index is 12.8. The molecule has 0 N–H and O–H groups in total. The van der Waals surface area contributed by atoms with E-state index in [4.69, 9.17) is 11.6 Å². The van der Waals surface area contributed by atoms with E-state index in [9.17, 15) is 4.79 Å². The predicted molar refractivity (Wildman–Crippen MR) is 120 cm³/mol. The molecule has 1 amide bonds. The van der Waals surface area contributed by atoms with Gasteiger partial charge >= 0.3 is 0 Å². The molecule has 0 spiro atoms. The molecule has 0 radical (unpaired) electrons. The Hall–Kier alpha value is -2.72. The average Bonchev–Trinajstić information content (AvgIpc) is 3.54. The van der Waals surface area contributed by atoms with Gasteiger partial charge in [0.15, 0.2) is 0 Å². The minimum Gasteiger partial charge on any atom is -0.338 e. The summed E-state index contributed by atoms with van der Waals surface area (Å²) in [4.78, 5) is 23.6. The topological polar surface area (TPSA) is 46.1 Å². The summed E-state index contributed by atoms with van der Waals surface area (Å²) in [6.07, 6.45) is 9.08. The first kappa shape index (κ1) is 19.3. The lowest BCUT2D eigenvalue weighted by molar-refractivity contribution is 0.0788. The SMILES string of the molecule is C[C@H]1CCN(C(=O)c2ccc(-c3cncc(-c4ccnc(C5CC5)c4)c3)c(Cl)c2)C1. The number of halogens is 1. The van der Waals surface area contributed by atoms with Gasteiger partial charge in [0.2, 0.25) is 0 Å². The highest BCUT2D eigenvalue weighted by Crippen LogP contribution is 2.40. The van der Waals surface area contributed by atoms with Crippen molar-refractivity contribution in [1.82, 2.24) is 14.9 Å². The van der Waals surface area contributed by atoms with Gasteiger partial charge in [-0.2, -0.15) is 0 Å². The molecule has 0 bridgehead atoms. The van der Waals surface area contributed by atoms with Crippen molar-refractivity contribution in [2.45, 2.75) is 32.1 Å². The molecule has 4 nitrogen and oxygen atoms in total. The van der Waals surface area contributed by atoms with Crippen LogP contribution < -0.4 is 0 Å². The van der Waals surface area contributed by atoms with Crippen LogP contribution in [0.15, 0.2) is 55.0 Å². The number of aromatic nitrogens is 2. The highest BCUT2D eigenvalue weighted by molar-refractivity contribution is 6.33. The van der Waals surface area contributed by atoms with Crippen molar-refractivity contribution < 1.29 is 4.79 Å². The smallest absolute Gasteiger partial charge is 0.253 e. The van der Waals surface area contributed by atoms with E-state index in [0.29, 0.717) is 22.4 Å². The Morgan fingerprint density at radius 2 is 1.87 bits per heavy atom. The van der Waals surface area contributed by atoms with Crippen molar-refractivity contribution in [3.05, 3.63) is 71.3 Å². The monoisotopic (exact) mass is 417 g/mol. The summed E-state index contributed by atoms with van der Waals surface area (Å²) >= 11 is 6.61. The molecule has 3 aromatic rings. The van der Waals surface area contributed by atoms with Gasteiger partial charge in [-0.05, 0) is 61.1 Å². The van der Waals surface area contributed by atoms with Gasteiger partial charge in [0, 0.05) is 70.6 Å². The van der Waals surface area contributed by atoms with Crippen LogP contribution in [0, 0.1) is 5.92 Å². The second-order valence-electron chi connectivity index (χ2n) is 8.55. The van der Waals surface area contributed by atoms with Crippen LogP contribution in [-0.4, -0.2) is 33.9 Å². The number of hydrogen-bond acceptors (Lipinski definition) is 3. The zero-order valence-corrected chi connectivity index (χ0v) is 17.8. The fourth-order valence-electron chi connectivity index (χ4n) is 4.16. The molecule has 2 aromatic heterocycles. The molecule has 1 aromatic carbocycles. The maximum absolute atomic E-state index is 12.8. The van der Waals surface area contributed by atoms with Crippen LogP contribution in [0.3, 0.4) is 0 Å². The Morgan fingerprint density at radius 1 is 1.03 bits per heavy atom. The molecule has 1 atom stereocenters. The van der Waals surface area contributed by atoms with Gasteiger partial charge in [0.25, 0.3) is 5.91 Å². The van der Waals surface area contributed by atoms with Crippen molar-refractivity contribution in [3.63, 3.8) is 0 Å². The number of likely N-dealkylation sites (tertiary alicyclic amines) is 1. The van der Waals surface area contributed by atoms with Crippen LogP contribution in [0.4, 0.5) is 0 Å². The van der Waals surface area contributed by atoms with Crippen molar-refractivity contribution >= 4 is 17.5 Å². The van der Waals surface area contributed by atoms with E-state index in [-0.39, 0.29) is 5.91 Å². The number of benzene rings is 1. The van der Waals surface area contributed by atoms with Gasteiger partial charge in [-0.15, -0.1) is 0 Å². The molecular formula is C25H24ClN3O. The van der Waals surface area contributed by atoms with Gasteiger partial charge in [0.1, 0.15) is 0 Å². The first-order chi connectivity index (χ1) is 14.6. The maximum Gasteiger partial charge on any atom is 0.253 e.